The summed E-state index contributed by atoms with van der Waals surface area (Å²) in [5, 5.41) is 2.97. The summed E-state index contributed by atoms with van der Waals surface area (Å²) in [4.78, 5) is 45.2. The van der Waals surface area contributed by atoms with Gasteiger partial charge in [-0.15, -0.1) is 0 Å². The van der Waals surface area contributed by atoms with Gasteiger partial charge >= 0.3 is 5.97 Å². The molecule has 0 radical (unpaired) electrons. The number of methoxy groups -OCH3 is 1. The summed E-state index contributed by atoms with van der Waals surface area (Å²) in [5.74, 6) is -0.740. The lowest BCUT2D eigenvalue weighted by Crippen LogP contribution is -2.63. The van der Waals surface area contributed by atoms with Crippen molar-refractivity contribution >= 4 is 17.8 Å². The molecule has 9 nitrogen and oxygen atoms in total. The van der Waals surface area contributed by atoms with Gasteiger partial charge in [0.1, 0.15) is 17.0 Å². The van der Waals surface area contributed by atoms with E-state index in [4.69, 9.17) is 9.47 Å². The van der Waals surface area contributed by atoms with Crippen molar-refractivity contribution in [2.75, 3.05) is 13.7 Å². The van der Waals surface area contributed by atoms with Crippen molar-refractivity contribution in [1.29, 1.82) is 0 Å². The van der Waals surface area contributed by atoms with Crippen LogP contribution in [0.25, 0.3) is 0 Å². The van der Waals surface area contributed by atoms with Gasteiger partial charge in [-0.3, -0.25) is 9.59 Å². The Balaban J connectivity index is 1.65. The van der Waals surface area contributed by atoms with Crippen LogP contribution in [0, 0.1) is 0 Å². The molecule has 0 aliphatic carbocycles. The second kappa shape index (κ2) is 10.6. The highest BCUT2D eigenvalue weighted by Crippen LogP contribution is 2.31. The number of aromatic nitrogens is 2. The van der Waals surface area contributed by atoms with Gasteiger partial charge in [-0.05, 0) is 36.6 Å². The van der Waals surface area contributed by atoms with Gasteiger partial charge in [0, 0.05) is 13.1 Å². The van der Waals surface area contributed by atoms with E-state index in [2.05, 4.69) is 10.3 Å². The number of hydrogen-bond donors (Lipinski definition) is 1. The zero-order valence-corrected chi connectivity index (χ0v) is 20.7. The number of ether oxygens (including phenoxy) is 2. The molecule has 2 aromatic carbocycles. The van der Waals surface area contributed by atoms with Crippen molar-refractivity contribution in [1.82, 2.24) is 19.8 Å². The summed E-state index contributed by atoms with van der Waals surface area (Å²) in [6.45, 7) is 5.00. The summed E-state index contributed by atoms with van der Waals surface area (Å²) in [6, 6.07) is 17.0. The Morgan fingerprint density at radius 1 is 1.08 bits per heavy atom. The van der Waals surface area contributed by atoms with E-state index in [1.54, 1.807) is 11.5 Å². The summed E-state index contributed by atoms with van der Waals surface area (Å²) < 4.78 is 12.0. The molecular weight excluding hydrogens is 460 g/mol. The van der Waals surface area contributed by atoms with E-state index >= 15 is 0 Å². The van der Waals surface area contributed by atoms with Crippen molar-refractivity contribution in [3.05, 3.63) is 83.4 Å². The van der Waals surface area contributed by atoms with Crippen LogP contribution in [0.5, 0.6) is 5.75 Å². The molecule has 0 spiro atoms. The molecule has 4 rings (SSSR count). The van der Waals surface area contributed by atoms with E-state index in [1.165, 1.54) is 18.3 Å². The van der Waals surface area contributed by atoms with Crippen LogP contribution < -0.4 is 10.1 Å². The van der Waals surface area contributed by atoms with Crippen LogP contribution in [0.3, 0.4) is 0 Å². The average molecular weight is 491 g/mol. The second-order valence-corrected chi connectivity index (χ2v) is 8.89. The first-order chi connectivity index (χ1) is 17.4. The maximum Gasteiger partial charge on any atom is 0.359 e. The van der Waals surface area contributed by atoms with E-state index in [0.29, 0.717) is 13.2 Å². The molecule has 188 valence electrons. The Labute approximate surface area is 210 Å². The third-order valence-corrected chi connectivity index (χ3v) is 6.26. The van der Waals surface area contributed by atoms with Crippen LogP contribution in [0.15, 0.2) is 60.9 Å². The summed E-state index contributed by atoms with van der Waals surface area (Å²) in [5.41, 5.74) is 0.578. The monoisotopic (exact) mass is 490 g/mol. The normalized spacial score (nSPS) is 16.9. The fraction of sp³-hybridized carbons (Fsp3) is 0.333. The fourth-order valence-corrected chi connectivity index (χ4v) is 4.24. The number of rotatable bonds is 9. The summed E-state index contributed by atoms with van der Waals surface area (Å²) in [7, 11) is 1.24. The van der Waals surface area contributed by atoms with Crippen LogP contribution in [-0.4, -0.2) is 51.5 Å². The molecular formula is C27H30N4O5. The smallest absolute Gasteiger partial charge is 0.359 e. The quantitative estimate of drug-likeness (QED) is 0.462. The molecule has 1 aromatic heterocycles. The van der Waals surface area contributed by atoms with Gasteiger partial charge in [-0.25, -0.2) is 9.78 Å². The minimum atomic E-state index is -1.23. The summed E-state index contributed by atoms with van der Waals surface area (Å²) in [6.07, 6.45) is 2.30. The Morgan fingerprint density at radius 2 is 1.81 bits per heavy atom. The number of hydrogen-bond acceptors (Lipinski definition) is 6. The number of carbonyl (C=O) groups excluding carboxylic acids is 3. The van der Waals surface area contributed by atoms with Crippen molar-refractivity contribution in [2.24, 2.45) is 0 Å². The number of benzene rings is 2. The second-order valence-electron chi connectivity index (χ2n) is 8.89. The number of nitrogens with zero attached hydrogens (tertiary/aromatic N) is 3. The molecule has 2 heterocycles. The standard InChI is InChI=1S/C27H30N4O5/c1-4-14-36-21-12-10-20(11-13-21)16-31-24(32)23-22(25(33)35-3)29-18-30(23)17-27(31,2)26(34)28-15-19-8-6-5-7-9-19/h5-13,18H,4,14-17H2,1-3H3,(H,28,34). The van der Waals surface area contributed by atoms with Gasteiger partial charge in [0.2, 0.25) is 5.91 Å². The predicted molar refractivity (Wildman–Crippen MR) is 132 cm³/mol. The molecule has 1 unspecified atom stereocenters. The van der Waals surface area contributed by atoms with Gasteiger partial charge < -0.3 is 24.3 Å². The number of imidazole rings is 1. The molecule has 1 aliphatic rings. The Hall–Kier alpha value is -4.14. The highest BCUT2D eigenvalue weighted by molar-refractivity contribution is 6.06. The predicted octanol–water partition coefficient (Wildman–Crippen LogP) is 3.19. The first-order valence-corrected chi connectivity index (χ1v) is 11.9. The van der Waals surface area contributed by atoms with Crippen molar-refractivity contribution < 1.29 is 23.9 Å². The number of fused-ring (bicyclic) bond motifs is 1. The molecule has 0 bridgehead atoms. The van der Waals surface area contributed by atoms with Crippen molar-refractivity contribution in [3.63, 3.8) is 0 Å². The Kier molecular flexibility index (Phi) is 7.38. The highest BCUT2D eigenvalue weighted by Gasteiger charge is 2.48. The molecule has 0 saturated carbocycles. The maximum atomic E-state index is 13.8. The number of carbonyl (C=O) groups is 3. The molecule has 36 heavy (non-hydrogen) atoms. The van der Waals surface area contributed by atoms with E-state index in [0.717, 1.165) is 23.3 Å². The van der Waals surface area contributed by atoms with E-state index < -0.39 is 17.4 Å². The van der Waals surface area contributed by atoms with Gasteiger partial charge in [-0.2, -0.15) is 0 Å². The zero-order chi connectivity index (χ0) is 25.7. The highest BCUT2D eigenvalue weighted by atomic mass is 16.5. The van der Waals surface area contributed by atoms with E-state index in [9.17, 15) is 14.4 Å². The SMILES string of the molecule is CCCOc1ccc(CN2C(=O)c3c(C(=O)OC)ncn3CC2(C)C(=O)NCc2ccccc2)cc1. The first kappa shape index (κ1) is 25.0. The molecule has 1 atom stereocenters. The third-order valence-electron chi connectivity index (χ3n) is 6.26. The van der Waals surface area contributed by atoms with Crippen molar-refractivity contribution in [2.45, 2.75) is 45.4 Å². The lowest BCUT2D eigenvalue weighted by molar-refractivity contribution is -0.133. The molecule has 0 saturated heterocycles. The van der Waals surface area contributed by atoms with Crippen LogP contribution in [0.4, 0.5) is 0 Å². The Morgan fingerprint density at radius 3 is 2.47 bits per heavy atom. The van der Waals surface area contributed by atoms with Crippen LogP contribution in [0.2, 0.25) is 0 Å². The van der Waals surface area contributed by atoms with Crippen LogP contribution in [0.1, 0.15) is 52.4 Å². The van der Waals surface area contributed by atoms with Gasteiger partial charge in [0.05, 0.1) is 26.6 Å². The lowest BCUT2D eigenvalue weighted by atomic mass is 9.93. The van der Waals surface area contributed by atoms with E-state index in [-0.39, 0.29) is 30.4 Å². The van der Waals surface area contributed by atoms with Gasteiger partial charge in [0.25, 0.3) is 5.91 Å². The number of nitrogens with one attached hydrogen (secondary N) is 1. The van der Waals surface area contributed by atoms with Gasteiger partial charge in [0.15, 0.2) is 5.69 Å². The molecule has 1 aliphatic heterocycles. The summed E-state index contributed by atoms with van der Waals surface area (Å²) >= 11 is 0. The minimum absolute atomic E-state index is 0.0671. The largest absolute Gasteiger partial charge is 0.494 e. The molecule has 2 amide bonds. The van der Waals surface area contributed by atoms with E-state index in [1.807, 2.05) is 61.5 Å². The first-order valence-electron chi connectivity index (χ1n) is 11.9. The zero-order valence-electron chi connectivity index (χ0n) is 20.7. The van der Waals surface area contributed by atoms with Crippen LogP contribution >= 0.6 is 0 Å². The molecule has 9 heteroatoms. The minimum Gasteiger partial charge on any atom is -0.494 e. The fourth-order valence-electron chi connectivity index (χ4n) is 4.24. The lowest BCUT2D eigenvalue weighted by Gasteiger charge is -2.43. The van der Waals surface area contributed by atoms with Crippen molar-refractivity contribution in [3.8, 4) is 5.75 Å². The molecule has 1 N–H and O–H groups in total. The number of esters is 1. The number of amides is 2. The molecule has 3 aromatic rings. The van der Waals surface area contributed by atoms with Crippen LogP contribution in [-0.2, 0) is 29.2 Å². The molecule has 0 fully saturated rings. The Bertz CT molecular complexity index is 1240. The average Bonchev–Trinajstić information content (AvgIpc) is 3.32. The maximum absolute atomic E-state index is 13.8. The van der Waals surface area contributed by atoms with Gasteiger partial charge in [-0.1, -0.05) is 49.4 Å². The topological polar surface area (TPSA) is 103 Å². The third kappa shape index (κ3) is 4.95.